The van der Waals surface area contributed by atoms with Crippen molar-refractivity contribution >= 4 is 5.78 Å². The van der Waals surface area contributed by atoms with Crippen molar-refractivity contribution < 1.29 is 20.0 Å². The summed E-state index contributed by atoms with van der Waals surface area (Å²) in [7, 11) is 0. The number of fused-ring (bicyclic) bond motifs is 5. The first-order valence-electron chi connectivity index (χ1n) is 10.3. The van der Waals surface area contributed by atoms with E-state index in [9.17, 15) is 15.2 Å². The maximum absolute atomic E-state index is 12.2. The maximum atomic E-state index is 12.2. The molecule has 0 amide bonds. The van der Waals surface area contributed by atoms with Gasteiger partial charge in [0.2, 0.25) is 0 Å². The zero-order valence-corrected chi connectivity index (χ0v) is 15.9. The van der Waals surface area contributed by atoms with Gasteiger partial charge in [-0.3, -0.25) is 10.1 Å². The fourth-order valence-corrected chi connectivity index (χ4v) is 8.09. The average Bonchev–Trinajstić information content (AvgIpc) is 2.92. The Labute approximate surface area is 151 Å². The quantitative estimate of drug-likeness (QED) is 0.582. The number of ketones is 1. The molecule has 4 nitrogen and oxygen atoms in total. The zero-order valence-electron chi connectivity index (χ0n) is 15.9. The summed E-state index contributed by atoms with van der Waals surface area (Å²) in [4.78, 5) is 17.2. The van der Waals surface area contributed by atoms with Gasteiger partial charge in [0.1, 0.15) is 11.9 Å². The van der Waals surface area contributed by atoms with E-state index in [0.717, 1.165) is 32.1 Å². The first-order valence-corrected chi connectivity index (χ1v) is 10.3. The van der Waals surface area contributed by atoms with Gasteiger partial charge in [0.25, 0.3) is 0 Å². The van der Waals surface area contributed by atoms with Crippen LogP contribution in [0.15, 0.2) is 0 Å². The lowest BCUT2D eigenvalue weighted by Gasteiger charge is -2.62. The molecule has 1 unspecified atom stereocenters. The number of carbonyl (C=O) groups is 1. The van der Waals surface area contributed by atoms with E-state index in [2.05, 4.69) is 13.8 Å². The Bertz CT molecular complexity index is 538. The summed E-state index contributed by atoms with van der Waals surface area (Å²) in [6, 6.07) is 0. The molecular formula is C21H34O4. The van der Waals surface area contributed by atoms with Crippen LogP contribution in [0.1, 0.15) is 72.1 Å². The second-order valence-electron chi connectivity index (χ2n) is 10.0. The van der Waals surface area contributed by atoms with E-state index in [1.807, 2.05) is 0 Å². The number of Topliss-reactive ketones (excluding diaryl/α,β-unsaturated/α-hetero) is 1. The van der Waals surface area contributed by atoms with Crippen molar-refractivity contribution in [3.05, 3.63) is 0 Å². The van der Waals surface area contributed by atoms with Crippen molar-refractivity contribution in [3.63, 3.8) is 0 Å². The van der Waals surface area contributed by atoms with Crippen LogP contribution in [0.3, 0.4) is 0 Å². The molecule has 0 aromatic rings. The normalized spacial score (nSPS) is 55.2. The highest BCUT2D eigenvalue weighted by molar-refractivity contribution is 5.79. The Morgan fingerprint density at radius 3 is 2.48 bits per heavy atom. The van der Waals surface area contributed by atoms with Crippen molar-refractivity contribution in [2.45, 2.75) is 84.3 Å². The summed E-state index contributed by atoms with van der Waals surface area (Å²) in [5.74, 6) is 2.85. The SMILES string of the molecule is CC(=O)[C@H]1CC[C@H]2[C@H]3CC[C@H]4C[C@H](O)CC(OO)[C@]4(C)[C@H]3CC[C@]12C. The monoisotopic (exact) mass is 350 g/mol. The summed E-state index contributed by atoms with van der Waals surface area (Å²) in [5, 5.41) is 19.8. The van der Waals surface area contributed by atoms with Gasteiger partial charge in [-0.2, -0.15) is 0 Å². The van der Waals surface area contributed by atoms with Crippen LogP contribution in [0.25, 0.3) is 0 Å². The lowest BCUT2D eigenvalue weighted by molar-refractivity contribution is -0.338. The Balaban J connectivity index is 1.66. The first-order chi connectivity index (χ1) is 11.8. The van der Waals surface area contributed by atoms with Crippen molar-refractivity contribution in [3.8, 4) is 0 Å². The molecule has 0 aromatic carbocycles. The van der Waals surface area contributed by atoms with Gasteiger partial charge in [-0.25, -0.2) is 4.89 Å². The van der Waals surface area contributed by atoms with Gasteiger partial charge in [0, 0.05) is 17.8 Å². The van der Waals surface area contributed by atoms with Gasteiger partial charge in [0.05, 0.1) is 6.10 Å². The Morgan fingerprint density at radius 1 is 1.04 bits per heavy atom. The second kappa shape index (κ2) is 6.03. The Hall–Kier alpha value is -0.450. The van der Waals surface area contributed by atoms with E-state index in [0.29, 0.717) is 35.9 Å². The molecule has 0 aliphatic heterocycles. The van der Waals surface area contributed by atoms with Crippen LogP contribution in [-0.2, 0) is 9.68 Å². The number of aliphatic hydroxyl groups is 1. The average molecular weight is 350 g/mol. The third kappa shape index (κ3) is 2.40. The lowest BCUT2D eigenvalue weighted by atomic mass is 9.44. The summed E-state index contributed by atoms with van der Waals surface area (Å²) >= 11 is 0. The summed E-state index contributed by atoms with van der Waals surface area (Å²) in [6.07, 6.45) is 7.58. The van der Waals surface area contributed by atoms with Crippen LogP contribution in [0, 0.1) is 40.4 Å². The smallest absolute Gasteiger partial charge is 0.133 e. The Morgan fingerprint density at radius 2 is 1.80 bits per heavy atom. The van der Waals surface area contributed by atoms with Crippen molar-refractivity contribution in [1.29, 1.82) is 0 Å². The first kappa shape index (κ1) is 17.9. The minimum Gasteiger partial charge on any atom is -0.393 e. The number of hydrogen-bond donors (Lipinski definition) is 2. The zero-order chi connectivity index (χ0) is 18.0. The molecule has 0 heterocycles. The molecule has 25 heavy (non-hydrogen) atoms. The highest BCUT2D eigenvalue weighted by atomic mass is 17.1. The van der Waals surface area contributed by atoms with Crippen LogP contribution in [0.2, 0.25) is 0 Å². The van der Waals surface area contributed by atoms with Gasteiger partial charge in [-0.1, -0.05) is 13.8 Å². The highest BCUT2D eigenvalue weighted by Crippen LogP contribution is 2.67. The third-order valence-corrected chi connectivity index (χ3v) is 9.32. The van der Waals surface area contributed by atoms with E-state index in [4.69, 9.17) is 4.89 Å². The molecule has 4 heteroatoms. The lowest BCUT2D eigenvalue weighted by Crippen LogP contribution is -2.59. The van der Waals surface area contributed by atoms with Crippen LogP contribution in [0.4, 0.5) is 0 Å². The molecule has 4 fully saturated rings. The summed E-state index contributed by atoms with van der Waals surface area (Å²) < 4.78 is 0. The molecule has 4 aliphatic rings. The molecule has 9 atom stereocenters. The third-order valence-electron chi connectivity index (χ3n) is 9.32. The van der Waals surface area contributed by atoms with E-state index in [-0.39, 0.29) is 29.0 Å². The number of rotatable bonds is 2. The van der Waals surface area contributed by atoms with E-state index in [1.165, 1.54) is 12.8 Å². The minimum absolute atomic E-state index is 0.0491. The van der Waals surface area contributed by atoms with E-state index in [1.54, 1.807) is 6.92 Å². The molecule has 0 aromatic heterocycles. The van der Waals surface area contributed by atoms with Crippen LogP contribution < -0.4 is 0 Å². The van der Waals surface area contributed by atoms with Crippen LogP contribution in [-0.4, -0.2) is 28.4 Å². The fourth-order valence-electron chi connectivity index (χ4n) is 8.09. The molecule has 0 radical (unpaired) electrons. The summed E-state index contributed by atoms with van der Waals surface area (Å²) in [6.45, 7) is 6.45. The standard InChI is InChI=1S/C21H34O4/c1-12(22)16-6-7-17-15-5-4-13-10-14(23)11-19(25-24)21(13,3)18(15)8-9-20(16,17)2/h13-19,23-24H,4-11H2,1-3H3/t13-,14-,15+,16+,17-,18-,19?,20+,21-/m0/s1. The van der Waals surface area contributed by atoms with Crippen LogP contribution >= 0.6 is 0 Å². The highest BCUT2D eigenvalue weighted by Gasteiger charge is 2.63. The molecule has 142 valence electrons. The van der Waals surface area contributed by atoms with Crippen LogP contribution in [0.5, 0.6) is 0 Å². The molecule has 0 spiro atoms. The van der Waals surface area contributed by atoms with E-state index < -0.39 is 0 Å². The topological polar surface area (TPSA) is 66.8 Å². The van der Waals surface area contributed by atoms with Gasteiger partial charge >= 0.3 is 0 Å². The fraction of sp³-hybridized carbons (Fsp3) is 0.952. The molecule has 4 rings (SSSR count). The molecule has 4 aliphatic carbocycles. The van der Waals surface area contributed by atoms with Crippen molar-refractivity contribution in [2.75, 3.05) is 0 Å². The van der Waals surface area contributed by atoms with Gasteiger partial charge in [-0.05, 0) is 81.0 Å². The molecule has 0 saturated heterocycles. The number of carbonyl (C=O) groups excluding carboxylic acids is 1. The summed E-state index contributed by atoms with van der Waals surface area (Å²) in [5.41, 5.74) is 0.118. The van der Waals surface area contributed by atoms with Gasteiger partial charge < -0.3 is 5.11 Å². The Kier molecular flexibility index (Phi) is 4.33. The predicted molar refractivity (Wildman–Crippen MR) is 94.8 cm³/mol. The van der Waals surface area contributed by atoms with Crippen molar-refractivity contribution in [1.82, 2.24) is 0 Å². The predicted octanol–water partition coefficient (Wildman–Crippen LogP) is 4.06. The van der Waals surface area contributed by atoms with Crippen molar-refractivity contribution in [2.24, 2.45) is 40.4 Å². The van der Waals surface area contributed by atoms with E-state index >= 15 is 0 Å². The maximum Gasteiger partial charge on any atom is 0.133 e. The van der Waals surface area contributed by atoms with Gasteiger partial charge in [0.15, 0.2) is 0 Å². The minimum atomic E-state index is -0.353. The largest absolute Gasteiger partial charge is 0.393 e. The number of aliphatic hydroxyl groups excluding tert-OH is 1. The molecule has 0 bridgehead atoms. The number of hydrogen-bond acceptors (Lipinski definition) is 4. The van der Waals surface area contributed by atoms with Gasteiger partial charge in [-0.15, -0.1) is 0 Å². The second-order valence-corrected chi connectivity index (χ2v) is 10.0. The molecular weight excluding hydrogens is 316 g/mol. The molecule has 2 N–H and O–H groups in total. The molecule has 4 saturated carbocycles.